The lowest BCUT2D eigenvalue weighted by Crippen LogP contribution is -2.36. The zero-order valence-electron chi connectivity index (χ0n) is 18.9. The molecule has 0 radical (unpaired) electrons. The molecule has 1 aliphatic heterocycles. The summed E-state index contributed by atoms with van der Waals surface area (Å²) < 4.78 is 5.43. The summed E-state index contributed by atoms with van der Waals surface area (Å²) in [4.78, 5) is 11.4. The fourth-order valence-electron chi connectivity index (χ4n) is 3.96. The summed E-state index contributed by atoms with van der Waals surface area (Å²) >= 11 is 0. The Labute approximate surface area is 199 Å². The van der Waals surface area contributed by atoms with Crippen LogP contribution in [0.5, 0.6) is 0 Å². The van der Waals surface area contributed by atoms with E-state index in [0.717, 1.165) is 55.5 Å². The van der Waals surface area contributed by atoms with Gasteiger partial charge < -0.3 is 26.0 Å². The number of nitrogens with zero attached hydrogens (tertiary/aromatic N) is 3. The molecule has 4 N–H and O–H groups in total. The summed E-state index contributed by atoms with van der Waals surface area (Å²) in [6.45, 7) is 4.10. The molecule has 1 fully saturated rings. The van der Waals surface area contributed by atoms with Gasteiger partial charge in [-0.25, -0.2) is 9.97 Å². The first kappa shape index (κ1) is 21.7. The number of anilines is 5. The van der Waals surface area contributed by atoms with E-state index in [0.29, 0.717) is 11.6 Å². The molecule has 7 nitrogen and oxygen atoms in total. The Morgan fingerprint density at radius 1 is 0.912 bits per heavy atom. The smallest absolute Gasteiger partial charge is 0.227 e. The van der Waals surface area contributed by atoms with Gasteiger partial charge in [-0.05, 0) is 48.0 Å². The third-order valence-corrected chi connectivity index (χ3v) is 5.83. The quantitative estimate of drug-likeness (QED) is 0.343. The molecule has 5 rings (SSSR count). The molecular weight excluding hydrogens is 424 g/mol. The first-order chi connectivity index (χ1) is 16.7. The summed E-state index contributed by atoms with van der Waals surface area (Å²) in [5, 5.41) is 6.70. The Hall–Kier alpha value is -4.10. The highest BCUT2D eigenvalue weighted by molar-refractivity contribution is 5.75. The third kappa shape index (κ3) is 5.27. The Morgan fingerprint density at radius 2 is 1.71 bits per heavy atom. The van der Waals surface area contributed by atoms with Gasteiger partial charge in [0.2, 0.25) is 5.95 Å². The standard InChI is InChI=1S/C27H28N6O/c28-24-18-21(6-11-26(24)30-19-20-4-2-1-3-5-20)25-12-13-29-27(32-25)31-22-7-9-23(10-8-22)33-14-16-34-17-15-33/h1-13,18,30H,14-17,19,28H2,(H,29,31,32). The van der Waals surface area contributed by atoms with Gasteiger partial charge in [0.05, 0.1) is 30.3 Å². The van der Waals surface area contributed by atoms with Crippen molar-refractivity contribution in [3.8, 4) is 11.3 Å². The van der Waals surface area contributed by atoms with E-state index < -0.39 is 0 Å². The second-order valence-electron chi connectivity index (χ2n) is 8.18. The van der Waals surface area contributed by atoms with Crippen LogP contribution in [0.25, 0.3) is 11.3 Å². The van der Waals surface area contributed by atoms with Crippen molar-refractivity contribution in [3.63, 3.8) is 0 Å². The average molecular weight is 453 g/mol. The first-order valence-electron chi connectivity index (χ1n) is 11.5. The molecule has 0 bridgehead atoms. The predicted octanol–water partition coefficient (Wildman–Crippen LogP) is 4.92. The van der Waals surface area contributed by atoms with Gasteiger partial charge in [-0.3, -0.25) is 0 Å². The predicted molar refractivity (Wildman–Crippen MR) is 138 cm³/mol. The lowest BCUT2D eigenvalue weighted by molar-refractivity contribution is 0.122. The van der Waals surface area contributed by atoms with E-state index in [1.54, 1.807) is 6.20 Å². The molecule has 4 aromatic rings. The highest BCUT2D eigenvalue weighted by atomic mass is 16.5. The van der Waals surface area contributed by atoms with Crippen LogP contribution in [0.4, 0.5) is 28.7 Å². The molecule has 1 saturated heterocycles. The maximum atomic E-state index is 6.33. The molecule has 0 amide bonds. The van der Waals surface area contributed by atoms with Crippen LogP contribution in [-0.2, 0) is 11.3 Å². The fourth-order valence-corrected chi connectivity index (χ4v) is 3.96. The van der Waals surface area contributed by atoms with Crippen LogP contribution in [0.2, 0.25) is 0 Å². The van der Waals surface area contributed by atoms with E-state index in [1.807, 2.05) is 54.6 Å². The summed E-state index contributed by atoms with van der Waals surface area (Å²) in [6.07, 6.45) is 1.75. The van der Waals surface area contributed by atoms with Crippen molar-refractivity contribution in [2.24, 2.45) is 0 Å². The molecule has 3 aromatic carbocycles. The normalized spacial score (nSPS) is 13.5. The SMILES string of the molecule is Nc1cc(-c2ccnc(Nc3ccc(N4CCOCC4)cc3)n2)ccc1NCc1ccccc1. The summed E-state index contributed by atoms with van der Waals surface area (Å²) in [5.41, 5.74) is 13.0. The average Bonchev–Trinajstić information content (AvgIpc) is 2.90. The van der Waals surface area contributed by atoms with Crippen LogP contribution in [0.15, 0.2) is 85.1 Å². The molecule has 1 aliphatic rings. The number of hydrogen-bond donors (Lipinski definition) is 3. The zero-order valence-corrected chi connectivity index (χ0v) is 18.9. The number of rotatable bonds is 7. The summed E-state index contributed by atoms with van der Waals surface area (Å²) in [7, 11) is 0. The fraction of sp³-hybridized carbons (Fsp3) is 0.185. The Balaban J connectivity index is 1.26. The van der Waals surface area contributed by atoms with Gasteiger partial charge in [0.1, 0.15) is 0 Å². The lowest BCUT2D eigenvalue weighted by Gasteiger charge is -2.28. The third-order valence-electron chi connectivity index (χ3n) is 5.83. The number of nitrogens with two attached hydrogens (primary N) is 1. The van der Waals surface area contributed by atoms with E-state index in [-0.39, 0.29) is 0 Å². The molecule has 34 heavy (non-hydrogen) atoms. The van der Waals surface area contributed by atoms with Crippen LogP contribution in [0.1, 0.15) is 5.56 Å². The van der Waals surface area contributed by atoms with Crippen molar-refractivity contribution in [1.29, 1.82) is 0 Å². The molecule has 7 heteroatoms. The number of aromatic nitrogens is 2. The summed E-state index contributed by atoms with van der Waals surface area (Å²) in [5.74, 6) is 0.543. The van der Waals surface area contributed by atoms with Crippen LogP contribution >= 0.6 is 0 Å². The molecule has 0 atom stereocenters. The van der Waals surface area contributed by atoms with Crippen LogP contribution in [0, 0.1) is 0 Å². The molecular formula is C27H28N6O. The monoisotopic (exact) mass is 452 g/mol. The lowest BCUT2D eigenvalue weighted by atomic mass is 10.1. The Kier molecular flexibility index (Phi) is 6.54. The number of ether oxygens (including phenoxy) is 1. The summed E-state index contributed by atoms with van der Waals surface area (Å²) in [6, 6.07) is 26.4. The molecule has 0 unspecified atom stereocenters. The molecule has 2 heterocycles. The number of nitrogens with one attached hydrogen (secondary N) is 2. The highest BCUT2D eigenvalue weighted by Gasteiger charge is 2.11. The van der Waals surface area contributed by atoms with E-state index >= 15 is 0 Å². The van der Waals surface area contributed by atoms with Crippen LogP contribution in [0.3, 0.4) is 0 Å². The van der Waals surface area contributed by atoms with Gasteiger partial charge in [-0.2, -0.15) is 0 Å². The molecule has 172 valence electrons. The van der Waals surface area contributed by atoms with Gasteiger partial charge in [-0.15, -0.1) is 0 Å². The van der Waals surface area contributed by atoms with Crippen molar-refractivity contribution in [3.05, 3.63) is 90.6 Å². The zero-order chi connectivity index (χ0) is 23.2. The Morgan fingerprint density at radius 3 is 2.47 bits per heavy atom. The van der Waals surface area contributed by atoms with E-state index in [9.17, 15) is 0 Å². The number of morpholine rings is 1. The maximum absolute atomic E-state index is 6.33. The van der Waals surface area contributed by atoms with Gasteiger partial charge in [-0.1, -0.05) is 36.4 Å². The molecule has 1 aromatic heterocycles. The largest absolute Gasteiger partial charge is 0.397 e. The molecule has 0 spiro atoms. The van der Waals surface area contributed by atoms with Gasteiger partial charge >= 0.3 is 0 Å². The van der Waals surface area contributed by atoms with Crippen molar-refractivity contribution in [2.45, 2.75) is 6.54 Å². The van der Waals surface area contributed by atoms with E-state index in [2.05, 4.69) is 49.8 Å². The van der Waals surface area contributed by atoms with Crippen LogP contribution in [-0.4, -0.2) is 36.3 Å². The number of hydrogen-bond acceptors (Lipinski definition) is 7. The van der Waals surface area contributed by atoms with Gasteiger partial charge in [0.25, 0.3) is 0 Å². The van der Waals surface area contributed by atoms with Crippen molar-refractivity contribution < 1.29 is 4.74 Å². The topological polar surface area (TPSA) is 88.3 Å². The van der Waals surface area contributed by atoms with Crippen molar-refractivity contribution in [2.75, 3.05) is 47.6 Å². The minimum atomic E-state index is 0.543. The van der Waals surface area contributed by atoms with E-state index in [4.69, 9.17) is 10.5 Å². The Bertz CT molecular complexity index is 1220. The first-order valence-corrected chi connectivity index (χ1v) is 11.5. The van der Waals surface area contributed by atoms with Gasteiger partial charge in [0, 0.05) is 42.8 Å². The number of benzene rings is 3. The molecule has 0 aliphatic carbocycles. The van der Waals surface area contributed by atoms with Crippen molar-refractivity contribution in [1.82, 2.24) is 9.97 Å². The van der Waals surface area contributed by atoms with Crippen molar-refractivity contribution >= 4 is 28.7 Å². The van der Waals surface area contributed by atoms with E-state index in [1.165, 1.54) is 11.3 Å². The molecule has 0 saturated carbocycles. The second-order valence-corrected chi connectivity index (χ2v) is 8.18. The highest BCUT2D eigenvalue weighted by Crippen LogP contribution is 2.27. The van der Waals surface area contributed by atoms with Gasteiger partial charge in [0.15, 0.2) is 0 Å². The second kappa shape index (κ2) is 10.2. The van der Waals surface area contributed by atoms with Crippen LogP contribution < -0.4 is 21.3 Å². The maximum Gasteiger partial charge on any atom is 0.227 e. The minimum absolute atomic E-state index is 0.543. The minimum Gasteiger partial charge on any atom is -0.397 e. The number of nitrogen functional groups attached to an aromatic ring is 1.